The lowest BCUT2D eigenvalue weighted by molar-refractivity contribution is -0.117. The molecule has 168 valence electrons. The lowest BCUT2D eigenvalue weighted by Gasteiger charge is -2.29. The maximum Gasteiger partial charge on any atom is 0.321 e. The summed E-state index contributed by atoms with van der Waals surface area (Å²) in [5, 5.41) is 6.24. The number of fused-ring (bicyclic) bond motifs is 1. The van der Waals surface area contributed by atoms with Gasteiger partial charge in [-0.25, -0.2) is 9.78 Å². The second-order valence-electron chi connectivity index (χ2n) is 8.07. The fourth-order valence-electron chi connectivity index (χ4n) is 3.96. The molecule has 1 fully saturated rings. The van der Waals surface area contributed by atoms with Gasteiger partial charge in [0.25, 0.3) is 5.56 Å². The Kier molecular flexibility index (Phi) is 8.09. The lowest BCUT2D eigenvalue weighted by Crippen LogP contribution is -2.48. The van der Waals surface area contributed by atoms with Crippen LogP contribution in [0.4, 0.5) is 4.79 Å². The third-order valence-electron chi connectivity index (χ3n) is 5.64. The molecule has 1 saturated carbocycles. The van der Waals surface area contributed by atoms with Crippen LogP contribution >= 0.6 is 11.8 Å². The summed E-state index contributed by atoms with van der Waals surface area (Å²) in [5.74, 6) is -0.0558. The van der Waals surface area contributed by atoms with Crippen molar-refractivity contribution in [1.82, 2.24) is 20.2 Å². The molecule has 0 bridgehead atoms. The number of rotatable bonds is 7. The van der Waals surface area contributed by atoms with Gasteiger partial charge in [-0.15, -0.1) is 0 Å². The van der Waals surface area contributed by atoms with Crippen LogP contribution in [0.5, 0.6) is 0 Å². The van der Waals surface area contributed by atoms with Gasteiger partial charge < -0.3 is 10.1 Å². The molecule has 2 N–H and O–H groups in total. The van der Waals surface area contributed by atoms with Crippen LogP contribution in [-0.4, -0.2) is 47.0 Å². The summed E-state index contributed by atoms with van der Waals surface area (Å²) >= 11 is 1.13. The summed E-state index contributed by atoms with van der Waals surface area (Å²) in [4.78, 5) is 42.2. The predicted octanol–water partition coefficient (Wildman–Crippen LogP) is 3.10. The van der Waals surface area contributed by atoms with E-state index in [1.807, 2.05) is 13.0 Å². The standard InChI is InChI=1S/C22H30N4O4S/c1-14-8-4-6-10-17(14)23-21(29)25-19(27)13-31-22-24-18-11-7-5-9-16(18)20(28)26(22)15(2)12-30-3/h5,7,9,11,14-15,17H,4,6,8,10,12-13H2,1-3H3,(H2,23,25,27,29). The number of nitrogens with zero attached hydrogens (tertiary/aromatic N) is 2. The maximum absolute atomic E-state index is 13.0. The summed E-state index contributed by atoms with van der Waals surface area (Å²) < 4.78 is 6.76. The topological polar surface area (TPSA) is 102 Å². The second kappa shape index (κ2) is 10.8. The van der Waals surface area contributed by atoms with Crippen LogP contribution in [0.15, 0.2) is 34.2 Å². The van der Waals surface area contributed by atoms with E-state index in [4.69, 9.17) is 4.74 Å². The van der Waals surface area contributed by atoms with Crippen molar-refractivity contribution >= 4 is 34.6 Å². The maximum atomic E-state index is 13.0. The minimum absolute atomic E-state index is 0.0296. The number of para-hydroxylation sites is 1. The molecular weight excluding hydrogens is 416 g/mol. The number of hydrogen-bond acceptors (Lipinski definition) is 6. The fraction of sp³-hybridized carbons (Fsp3) is 0.545. The number of amides is 3. The number of thioether (sulfide) groups is 1. The first-order valence-corrected chi connectivity index (χ1v) is 11.6. The normalized spacial score (nSPS) is 19.7. The number of carbonyl (C=O) groups excluding carboxylic acids is 2. The van der Waals surface area contributed by atoms with Crippen LogP contribution in [0, 0.1) is 5.92 Å². The third-order valence-corrected chi connectivity index (χ3v) is 6.59. The SMILES string of the molecule is COCC(C)n1c(SCC(=O)NC(=O)NC2CCCCC2C)nc2ccccc2c1=O. The van der Waals surface area contributed by atoms with Gasteiger partial charge in [-0.1, -0.05) is 43.7 Å². The number of ether oxygens (including phenoxy) is 1. The minimum atomic E-state index is -0.471. The average Bonchev–Trinajstić information content (AvgIpc) is 2.74. The van der Waals surface area contributed by atoms with Gasteiger partial charge in [0.15, 0.2) is 5.16 Å². The molecule has 1 aromatic carbocycles. The van der Waals surface area contributed by atoms with E-state index in [0.717, 1.165) is 31.0 Å². The molecule has 8 nitrogen and oxygen atoms in total. The number of methoxy groups -OCH3 is 1. The van der Waals surface area contributed by atoms with Crippen molar-refractivity contribution in [2.45, 2.75) is 56.8 Å². The first-order valence-electron chi connectivity index (χ1n) is 10.6. The van der Waals surface area contributed by atoms with Gasteiger partial charge >= 0.3 is 6.03 Å². The van der Waals surface area contributed by atoms with Crippen molar-refractivity contribution in [3.05, 3.63) is 34.6 Å². The Labute approximate surface area is 186 Å². The van der Waals surface area contributed by atoms with Crippen molar-refractivity contribution in [1.29, 1.82) is 0 Å². The van der Waals surface area contributed by atoms with Crippen LogP contribution in [-0.2, 0) is 9.53 Å². The molecule has 2 aromatic rings. The molecule has 0 radical (unpaired) electrons. The number of hydrogen-bond donors (Lipinski definition) is 2. The van der Waals surface area contributed by atoms with E-state index in [2.05, 4.69) is 22.5 Å². The molecule has 1 aliphatic rings. The molecule has 0 saturated heterocycles. The summed E-state index contributed by atoms with van der Waals surface area (Å²) in [7, 11) is 1.57. The van der Waals surface area contributed by atoms with Gasteiger partial charge in [-0.05, 0) is 37.8 Å². The van der Waals surface area contributed by atoms with Crippen molar-refractivity contribution < 1.29 is 14.3 Å². The van der Waals surface area contributed by atoms with Gasteiger partial charge in [0.2, 0.25) is 5.91 Å². The van der Waals surface area contributed by atoms with Crippen LogP contribution in [0.25, 0.3) is 10.9 Å². The van der Waals surface area contributed by atoms with E-state index in [1.54, 1.807) is 29.9 Å². The smallest absolute Gasteiger partial charge is 0.321 e. The van der Waals surface area contributed by atoms with E-state index in [-0.39, 0.29) is 23.4 Å². The van der Waals surface area contributed by atoms with E-state index >= 15 is 0 Å². The molecule has 1 heterocycles. The van der Waals surface area contributed by atoms with Gasteiger partial charge in [0, 0.05) is 13.2 Å². The van der Waals surface area contributed by atoms with Crippen molar-refractivity contribution in [2.24, 2.45) is 5.92 Å². The van der Waals surface area contributed by atoms with Crippen molar-refractivity contribution in [3.63, 3.8) is 0 Å². The highest BCUT2D eigenvalue weighted by Crippen LogP contribution is 2.24. The molecule has 3 amide bonds. The zero-order chi connectivity index (χ0) is 22.4. The number of nitrogens with one attached hydrogen (secondary N) is 2. The monoisotopic (exact) mass is 446 g/mol. The predicted molar refractivity (Wildman–Crippen MR) is 121 cm³/mol. The number of imide groups is 1. The summed E-state index contributed by atoms with van der Waals surface area (Å²) in [5.41, 5.74) is 0.391. The molecule has 3 atom stereocenters. The molecule has 3 unspecified atom stereocenters. The fourth-order valence-corrected chi connectivity index (χ4v) is 4.86. The molecule has 1 aromatic heterocycles. The van der Waals surface area contributed by atoms with E-state index in [9.17, 15) is 14.4 Å². The Bertz CT molecular complexity index is 993. The Morgan fingerprint density at radius 3 is 2.77 bits per heavy atom. The highest BCUT2D eigenvalue weighted by Gasteiger charge is 2.24. The van der Waals surface area contributed by atoms with Crippen LogP contribution in [0.3, 0.4) is 0 Å². The average molecular weight is 447 g/mol. The van der Waals surface area contributed by atoms with Crippen molar-refractivity contribution in [3.8, 4) is 0 Å². The largest absolute Gasteiger partial charge is 0.383 e. The van der Waals surface area contributed by atoms with E-state index in [0.29, 0.717) is 28.6 Å². The van der Waals surface area contributed by atoms with Crippen molar-refractivity contribution in [2.75, 3.05) is 19.5 Å². The number of urea groups is 1. The van der Waals surface area contributed by atoms with Crippen LogP contribution in [0.1, 0.15) is 45.6 Å². The quantitative estimate of drug-likeness (QED) is 0.501. The first-order chi connectivity index (χ1) is 14.9. The van der Waals surface area contributed by atoms with Gasteiger partial charge in [-0.3, -0.25) is 19.5 Å². The molecule has 9 heteroatoms. The zero-order valence-electron chi connectivity index (χ0n) is 18.2. The Balaban J connectivity index is 1.69. The van der Waals surface area contributed by atoms with Gasteiger partial charge in [0.05, 0.1) is 29.3 Å². The Hall–Kier alpha value is -2.39. The first kappa shape index (κ1) is 23.3. The summed E-state index contributed by atoms with van der Waals surface area (Å²) in [6.07, 6.45) is 4.28. The summed E-state index contributed by atoms with van der Waals surface area (Å²) in [6, 6.07) is 6.48. The highest BCUT2D eigenvalue weighted by atomic mass is 32.2. The molecule has 1 aliphatic carbocycles. The minimum Gasteiger partial charge on any atom is -0.383 e. The van der Waals surface area contributed by atoms with Gasteiger partial charge in [0.1, 0.15) is 0 Å². The third kappa shape index (κ3) is 5.86. The van der Waals surface area contributed by atoms with E-state index in [1.165, 1.54) is 6.42 Å². The second-order valence-corrected chi connectivity index (χ2v) is 9.01. The highest BCUT2D eigenvalue weighted by molar-refractivity contribution is 7.99. The van der Waals surface area contributed by atoms with Crippen LogP contribution < -0.4 is 16.2 Å². The number of benzene rings is 1. The summed E-state index contributed by atoms with van der Waals surface area (Å²) in [6.45, 7) is 4.32. The van der Waals surface area contributed by atoms with E-state index < -0.39 is 11.9 Å². The lowest BCUT2D eigenvalue weighted by atomic mass is 9.86. The number of aromatic nitrogens is 2. The zero-order valence-corrected chi connectivity index (χ0v) is 19.0. The number of carbonyl (C=O) groups is 2. The molecule has 3 rings (SSSR count). The molecule has 0 spiro atoms. The Morgan fingerprint density at radius 2 is 2.03 bits per heavy atom. The Morgan fingerprint density at radius 1 is 1.29 bits per heavy atom. The molecular formula is C22H30N4O4S. The van der Waals surface area contributed by atoms with Gasteiger partial charge in [-0.2, -0.15) is 0 Å². The molecule has 0 aliphatic heterocycles. The van der Waals surface area contributed by atoms with Crippen LogP contribution in [0.2, 0.25) is 0 Å². The molecule has 31 heavy (non-hydrogen) atoms.